The smallest absolute Gasteiger partial charge is 0.416 e. The molecule has 0 fully saturated rings. The van der Waals surface area contributed by atoms with Gasteiger partial charge in [-0.1, -0.05) is 94.9 Å². The molecule has 0 saturated carbocycles. The number of hydrogen-bond acceptors (Lipinski definition) is 2. The third kappa shape index (κ3) is 10.2. The van der Waals surface area contributed by atoms with Crippen LogP contribution in [0.3, 0.4) is 0 Å². The molecule has 206 valence electrons. The lowest BCUT2D eigenvalue weighted by Gasteiger charge is -2.30. The normalized spacial score (nSPS) is 11.9. The lowest BCUT2D eigenvalue weighted by Crippen LogP contribution is -2.38. The zero-order valence-corrected chi connectivity index (χ0v) is 22.3. The molecule has 1 atom stereocenters. The first-order chi connectivity index (χ1) is 18.2. The van der Waals surface area contributed by atoms with Crippen LogP contribution in [0.25, 0.3) is 0 Å². The molecule has 38 heavy (non-hydrogen) atoms. The van der Waals surface area contributed by atoms with E-state index < -0.39 is 29.7 Å². The van der Waals surface area contributed by atoms with Crippen molar-refractivity contribution in [2.24, 2.45) is 0 Å². The number of alkyl halides is 3. The van der Waals surface area contributed by atoms with Crippen LogP contribution in [-0.4, -0.2) is 21.9 Å². The van der Waals surface area contributed by atoms with Crippen LogP contribution in [-0.2, 0) is 22.3 Å². The maximum Gasteiger partial charge on any atom is 0.416 e. The van der Waals surface area contributed by atoms with Crippen LogP contribution in [0.4, 0.5) is 13.2 Å². The van der Waals surface area contributed by atoms with Crippen LogP contribution >= 0.6 is 0 Å². The van der Waals surface area contributed by atoms with Crippen molar-refractivity contribution in [1.82, 2.24) is 4.90 Å². The summed E-state index contributed by atoms with van der Waals surface area (Å²) in [6.07, 6.45) is 6.53. The van der Waals surface area contributed by atoms with E-state index in [9.17, 15) is 27.9 Å². The quantitative estimate of drug-likeness (QED) is 0.162. The van der Waals surface area contributed by atoms with Gasteiger partial charge in [0.25, 0.3) is 0 Å². The number of halogens is 3. The van der Waals surface area contributed by atoms with Crippen molar-refractivity contribution in [3.05, 3.63) is 70.8 Å². The third-order valence-electron chi connectivity index (χ3n) is 6.50. The van der Waals surface area contributed by atoms with Crippen molar-refractivity contribution in [3.8, 4) is 11.8 Å². The van der Waals surface area contributed by atoms with Crippen LogP contribution < -0.4 is 0 Å². The predicted molar refractivity (Wildman–Crippen MR) is 143 cm³/mol. The largest absolute Gasteiger partial charge is 0.474 e. The summed E-state index contributed by atoms with van der Waals surface area (Å²) in [4.78, 5) is 25.4. The first-order valence-corrected chi connectivity index (χ1v) is 13.5. The van der Waals surface area contributed by atoms with Gasteiger partial charge in [-0.05, 0) is 48.2 Å². The number of carboxylic acids is 1. The van der Waals surface area contributed by atoms with Gasteiger partial charge in [-0.3, -0.25) is 4.79 Å². The Labute approximate surface area is 224 Å². The van der Waals surface area contributed by atoms with E-state index in [0.29, 0.717) is 17.5 Å². The molecule has 0 aromatic heterocycles. The molecule has 0 bridgehead atoms. The van der Waals surface area contributed by atoms with Gasteiger partial charge in [0, 0.05) is 18.5 Å². The van der Waals surface area contributed by atoms with Gasteiger partial charge >= 0.3 is 18.1 Å². The SMILES string of the molecule is CCCCCCCCCCC#Cc1cccc(CN(C(=O)C(=O)O)C(CC)c2ccc(C(F)(F)F)cc2)c1. The van der Waals surface area contributed by atoms with Crippen molar-refractivity contribution in [1.29, 1.82) is 0 Å². The Morgan fingerprint density at radius 1 is 0.921 bits per heavy atom. The number of rotatable bonds is 13. The van der Waals surface area contributed by atoms with Gasteiger partial charge in [-0.25, -0.2) is 4.79 Å². The van der Waals surface area contributed by atoms with E-state index in [2.05, 4.69) is 18.8 Å². The van der Waals surface area contributed by atoms with Crippen LogP contribution in [0.5, 0.6) is 0 Å². The second kappa shape index (κ2) is 15.9. The second-order valence-corrected chi connectivity index (χ2v) is 9.51. The van der Waals surface area contributed by atoms with Crippen molar-refractivity contribution in [2.45, 2.75) is 96.8 Å². The minimum Gasteiger partial charge on any atom is -0.474 e. The number of carboxylic acid groups (broad SMARTS) is 1. The number of benzene rings is 2. The summed E-state index contributed by atoms with van der Waals surface area (Å²) >= 11 is 0. The fraction of sp³-hybridized carbons (Fsp3) is 0.484. The number of aliphatic carboxylic acids is 1. The van der Waals surface area contributed by atoms with Crippen LogP contribution in [0.2, 0.25) is 0 Å². The number of hydrogen-bond donors (Lipinski definition) is 1. The summed E-state index contributed by atoms with van der Waals surface area (Å²) in [5, 5.41) is 9.42. The molecule has 0 aliphatic carbocycles. The number of amides is 1. The van der Waals surface area contributed by atoms with E-state index in [-0.39, 0.29) is 6.54 Å². The zero-order chi connectivity index (χ0) is 28.0. The minimum atomic E-state index is -4.48. The zero-order valence-electron chi connectivity index (χ0n) is 22.3. The summed E-state index contributed by atoms with van der Waals surface area (Å²) in [6.45, 7) is 3.97. The fourth-order valence-corrected chi connectivity index (χ4v) is 4.43. The summed E-state index contributed by atoms with van der Waals surface area (Å²) in [6, 6.07) is 11.1. The molecular weight excluding hydrogens is 491 g/mol. The van der Waals surface area contributed by atoms with Crippen molar-refractivity contribution in [3.63, 3.8) is 0 Å². The highest BCUT2D eigenvalue weighted by Crippen LogP contribution is 2.32. The van der Waals surface area contributed by atoms with E-state index in [4.69, 9.17) is 0 Å². The highest BCUT2D eigenvalue weighted by atomic mass is 19.4. The molecule has 0 heterocycles. The van der Waals surface area contributed by atoms with E-state index in [1.54, 1.807) is 19.1 Å². The number of carbonyl (C=O) groups is 2. The molecule has 1 amide bonds. The van der Waals surface area contributed by atoms with Crippen LogP contribution in [0, 0.1) is 11.8 Å². The molecule has 7 heteroatoms. The number of nitrogens with zero attached hydrogens (tertiary/aromatic N) is 1. The number of unbranched alkanes of at least 4 members (excludes halogenated alkanes) is 8. The maximum atomic E-state index is 13.0. The highest BCUT2D eigenvalue weighted by molar-refractivity contribution is 6.31. The van der Waals surface area contributed by atoms with Gasteiger partial charge in [0.15, 0.2) is 0 Å². The van der Waals surface area contributed by atoms with Crippen molar-refractivity contribution < 1.29 is 27.9 Å². The lowest BCUT2D eigenvalue weighted by molar-refractivity contribution is -0.157. The molecule has 2 rings (SSSR count). The summed E-state index contributed by atoms with van der Waals surface area (Å²) in [5.41, 5.74) is 1.11. The first kappa shape index (κ1) is 31.0. The van der Waals surface area contributed by atoms with E-state index in [0.717, 1.165) is 37.0 Å². The van der Waals surface area contributed by atoms with Crippen LogP contribution in [0.15, 0.2) is 48.5 Å². The van der Waals surface area contributed by atoms with E-state index in [1.807, 2.05) is 12.1 Å². The second-order valence-electron chi connectivity index (χ2n) is 9.51. The maximum absolute atomic E-state index is 13.0. The molecule has 1 N–H and O–H groups in total. The molecule has 1 unspecified atom stereocenters. The van der Waals surface area contributed by atoms with Gasteiger partial charge in [-0.2, -0.15) is 13.2 Å². The average Bonchev–Trinajstić information content (AvgIpc) is 2.89. The molecule has 2 aromatic rings. The molecule has 4 nitrogen and oxygen atoms in total. The molecule has 2 aromatic carbocycles. The van der Waals surface area contributed by atoms with E-state index in [1.165, 1.54) is 55.6 Å². The Kier molecular flexibility index (Phi) is 12.9. The van der Waals surface area contributed by atoms with Gasteiger partial charge in [0.1, 0.15) is 0 Å². The summed E-state index contributed by atoms with van der Waals surface area (Å²) < 4.78 is 39.0. The average molecular weight is 530 g/mol. The summed E-state index contributed by atoms with van der Waals surface area (Å²) in [7, 11) is 0. The Morgan fingerprint density at radius 3 is 2.13 bits per heavy atom. The lowest BCUT2D eigenvalue weighted by atomic mass is 9.99. The predicted octanol–water partition coefficient (Wildman–Crippen LogP) is 8.15. The molecule has 0 saturated heterocycles. The molecule has 0 aliphatic heterocycles. The Morgan fingerprint density at radius 2 is 1.55 bits per heavy atom. The standard InChI is InChI=1S/C31H38F3NO3/c1-3-5-6-7-8-9-10-11-12-13-15-24-16-14-17-25(22-24)23-35(29(36)30(37)38)28(4-2)26-18-20-27(21-19-26)31(32,33)34/h14,16-22,28H,3-12,23H2,1-2H3,(H,37,38). The van der Waals surface area contributed by atoms with Gasteiger partial charge in [-0.15, -0.1) is 0 Å². The Balaban J connectivity index is 2.07. The minimum absolute atomic E-state index is 0.00177. The Bertz CT molecular complexity index is 1080. The van der Waals surface area contributed by atoms with Crippen molar-refractivity contribution >= 4 is 11.9 Å². The molecular formula is C31H38F3NO3. The first-order valence-electron chi connectivity index (χ1n) is 13.5. The number of carbonyl (C=O) groups excluding carboxylic acids is 1. The van der Waals surface area contributed by atoms with E-state index >= 15 is 0 Å². The van der Waals surface area contributed by atoms with Gasteiger partial charge in [0.2, 0.25) is 0 Å². The van der Waals surface area contributed by atoms with Gasteiger partial charge < -0.3 is 10.0 Å². The summed E-state index contributed by atoms with van der Waals surface area (Å²) in [5.74, 6) is 3.62. The van der Waals surface area contributed by atoms with Crippen LogP contribution in [0.1, 0.15) is 106 Å². The van der Waals surface area contributed by atoms with Gasteiger partial charge in [0.05, 0.1) is 11.6 Å². The topological polar surface area (TPSA) is 57.6 Å². The Hall–Kier alpha value is -3.27. The highest BCUT2D eigenvalue weighted by Gasteiger charge is 2.32. The monoisotopic (exact) mass is 529 g/mol. The molecule has 0 spiro atoms. The fourth-order valence-electron chi connectivity index (χ4n) is 4.43. The molecule has 0 aliphatic rings. The van der Waals surface area contributed by atoms with Crippen molar-refractivity contribution in [2.75, 3.05) is 0 Å². The molecule has 0 radical (unpaired) electrons. The third-order valence-corrected chi connectivity index (χ3v) is 6.50.